The summed E-state index contributed by atoms with van der Waals surface area (Å²) in [6, 6.07) is 13.6. The summed E-state index contributed by atoms with van der Waals surface area (Å²) in [5.41, 5.74) is 1.66. The highest BCUT2D eigenvalue weighted by Gasteiger charge is 2.19. The number of nitrogens with one attached hydrogen (secondary N) is 1. The molecule has 4 rings (SSSR count). The zero-order valence-electron chi connectivity index (χ0n) is 21.2. The minimum Gasteiger partial charge on any atom is -0.492 e. The Labute approximate surface area is 216 Å². The Kier molecular flexibility index (Phi) is 8.71. The molecule has 10 heteroatoms. The highest BCUT2D eigenvalue weighted by atomic mass is 19.1. The number of aliphatic carboxylic acids is 1. The normalized spacial score (nSPS) is 13.9. The van der Waals surface area contributed by atoms with Crippen molar-refractivity contribution in [1.29, 1.82) is 0 Å². The first kappa shape index (κ1) is 26.1. The number of aromatic nitrogens is 3. The molecule has 0 radical (unpaired) electrons. The molecule has 0 bridgehead atoms. The molecular formula is C27H33FN6O3. The first-order valence-corrected chi connectivity index (χ1v) is 12.6. The van der Waals surface area contributed by atoms with Gasteiger partial charge in [-0.2, -0.15) is 15.0 Å². The average Bonchev–Trinajstić information content (AvgIpc) is 3.44. The van der Waals surface area contributed by atoms with Crippen LogP contribution in [0.2, 0.25) is 0 Å². The highest BCUT2D eigenvalue weighted by molar-refractivity contribution is 5.70. The number of carboxylic acids is 1. The van der Waals surface area contributed by atoms with Gasteiger partial charge >= 0.3 is 5.97 Å². The number of ether oxygens (including phenoxy) is 1. The fraction of sp³-hybridized carbons (Fsp3) is 0.407. The van der Waals surface area contributed by atoms with Crippen LogP contribution >= 0.6 is 0 Å². The number of likely N-dealkylation sites (N-methyl/N-ethyl adjacent to an activating group) is 1. The van der Waals surface area contributed by atoms with Crippen molar-refractivity contribution in [2.75, 3.05) is 48.4 Å². The minimum absolute atomic E-state index is 0.306. The Morgan fingerprint density at radius 2 is 1.81 bits per heavy atom. The second-order valence-electron chi connectivity index (χ2n) is 9.15. The second kappa shape index (κ2) is 12.3. The van der Waals surface area contributed by atoms with Gasteiger partial charge in [0.1, 0.15) is 18.2 Å². The predicted octanol–water partition coefficient (Wildman–Crippen LogP) is 4.52. The minimum atomic E-state index is -0.770. The van der Waals surface area contributed by atoms with E-state index in [1.54, 1.807) is 12.1 Å². The van der Waals surface area contributed by atoms with E-state index in [0.29, 0.717) is 55.3 Å². The Hall–Kier alpha value is -3.95. The number of halogens is 1. The molecule has 1 aliphatic rings. The lowest BCUT2D eigenvalue weighted by atomic mass is 9.97. The maximum atomic E-state index is 13.3. The van der Waals surface area contributed by atoms with Crippen molar-refractivity contribution >= 4 is 29.5 Å². The molecule has 1 aliphatic heterocycles. The lowest BCUT2D eigenvalue weighted by Crippen LogP contribution is -2.28. The van der Waals surface area contributed by atoms with E-state index < -0.39 is 5.97 Å². The van der Waals surface area contributed by atoms with Gasteiger partial charge in [-0.05, 0) is 67.6 Å². The van der Waals surface area contributed by atoms with Gasteiger partial charge in [0.05, 0.1) is 12.5 Å². The first-order valence-electron chi connectivity index (χ1n) is 12.6. The quantitative estimate of drug-likeness (QED) is 0.365. The first-order chi connectivity index (χ1) is 17.9. The number of carboxylic acid groups (broad SMARTS) is 1. The van der Waals surface area contributed by atoms with E-state index in [1.165, 1.54) is 12.1 Å². The maximum absolute atomic E-state index is 13.3. The van der Waals surface area contributed by atoms with Gasteiger partial charge in [-0.15, -0.1) is 0 Å². The molecule has 9 nitrogen and oxygen atoms in total. The molecule has 3 aromatic rings. The molecule has 0 saturated carbocycles. The summed E-state index contributed by atoms with van der Waals surface area (Å²) in [5.74, 6) is 0.782. The Balaban J connectivity index is 1.39. The van der Waals surface area contributed by atoms with Gasteiger partial charge in [0.25, 0.3) is 0 Å². The van der Waals surface area contributed by atoms with Crippen molar-refractivity contribution < 1.29 is 19.0 Å². The van der Waals surface area contributed by atoms with Gasteiger partial charge in [-0.1, -0.05) is 19.1 Å². The molecule has 0 aliphatic carbocycles. The average molecular weight is 509 g/mol. The molecular weight excluding hydrogens is 475 g/mol. The fourth-order valence-electron chi connectivity index (χ4n) is 4.11. The van der Waals surface area contributed by atoms with Crippen molar-refractivity contribution in [1.82, 2.24) is 15.0 Å². The molecule has 1 unspecified atom stereocenters. The molecule has 2 aromatic carbocycles. The molecule has 2 heterocycles. The van der Waals surface area contributed by atoms with Crippen molar-refractivity contribution in [2.45, 2.75) is 32.6 Å². The van der Waals surface area contributed by atoms with E-state index in [-0.39, 0.29) is 11.7 Å². The Bertz CT molecular complexity index is 1170. The molecule has 1 atom stereocenters. The van der Waals surface area contributed by atoms with Gasteiger partial charge in [-0.25, -0.2) is 4.39 Å². The van der Waals surface area contributed by atoms with Gasteiger partial charge in [0, 0.05) is 25.8 Å². The summed E-state index contributed by atoms with van der Waals surface area (Å²) < 4.78 is 19.2. The number of anilines is 4. The van der Waals surface area contributed by atoms with Crippen LogP contribution in [0.15, 0.2) is 48.5 Å². The summed E-state index contributed by atoms with van der Waals surface area (Å²) >= 11 is 0. The second-order valence-corrected chi connectivity index (χ2v) is 9.15. The predicted molar refractivity (Wildman–Crippen MR) is 141 cm³/mol. The van der Waals surface area contributed by atoms with Gasteiger partial charge < -0.3 is 25.0 Å². The number of hydrogen-bond donors (Lipinski definition) is 2. The SMILES string of the molecule is CCC(Cc1ccc(OCCN(C)c2nc(Nc3ccc(F)cc3)nc(N3CCCC3)n2)cc1)C(=O)O. The maximum Gasteiger partial charge on any atom is 0.306 e. The summed E-state index contributed by atoms with van der Waals surface area (Å²) in [6.45, 7) is 4.63. The number of carbonyl (C=O) groups is 1. The van der Waals surface area contributed by atoms with Crippen molar-refractivity contribution in [3.8, 4) is 5.75 Å². The number of nitrogens with zero attached hydrogens (tertiary/aromatic N) is 5. The van der Waals surface area contributed by atoms with E-state index in [2.05, 4.69) is 25.2 Å². The van der Waals surface area contributed by atoms with Crippen molar-refractivity contribution in [3.63, 3.8) is 0 Å². The summed E-state index contributed by atoms with van der Waals surface area (Å²) in [5, 5.41) is 12.4. The third-order valence-electron chi connectivity index (χ3n) is 6.39. The van der Waals surface area contributed by atoms with E-state index in [0.717, 1.165) is 31.5 Å². The van der Waals surface area contributed by atoms with E-state index in [4.69, 9.17) is 4.74 Å². The van der Waals surface area contributed by atoms with Crippen molar-refractivity contribution in [2.24, 2.45) is 5.92 Å². The third kappa shape index (κ3) is 7.28. The van der Waals surface area contributed by atoms with Gasteiger partial charge in [0.15, 0.2) is 0 Å². The Morgan fingerprint density at radius 1 is 1.11 bits per heavy atom. The van der Waals surface area contributed by atoms with Crippen LogP contribution in [0.3, 0.4) is 0 Å². The third-order valence-corrected chi connectivity index (χ3v) is 6.39. The number of rotatable bonds is 12. The lowest BCUT2D eigenvalue weighted by Gasteiger charge is -2.21. The Morgan fingerprint density at radius 3 is 2.46 bits per heavy atom. The van der Waals surface area contributed by atoms with Crippen LogP contribution in [-0.4, -0.2) is 59.3 Å². The van der Waals surface area contributed by atoms with E-state index in [1.807, 2.05) is 43.1 Å². The number of benzene rings is 2. The zero-order valence-corrected chi connectivity index (χ0v) is 21.2. The van der Waals surface area contributed by atoms with E-state index >= 15 is 0 Å². The smallest absolute Gasteiger partial charge is 0.306 e. The van der Waals surface area contributed by atoms with Gasteiger partial charge in [0.2, 0.25) is 17.8 Å². The van der Waals surface area contributed by atoms with Crippen molar-refractivity contribution in [3.05, 3.63) is 59.9 Å². The molecule has 1 aromatic heterocycles. The van der Waals surface area contributed by atoms with Crippen LogP contribution in [0.1, 0.15) is 31.7 Å². The lowest BCUT2D eigenvalue weighted by molar-refractivity contribution is -0.141. The number of hydrogen-bond acceptors (Lipinski definition) is 8. The monoisotopic (exact) mass is 508 g/mol. The van der Waals surface area contributed by atoms with Crippen LogP contribution in [0, 0.1) is 11.7 Å². The molecule has 1 saturated heterocycles. The van der Waals surface area contributed by atoms with Crippen LogP contribution in [0.5, 0.6) is 5.75 Å². The summed E-state index contributed by atoms with van der Waals surface area (Å²) in [7, 11) is 1.90. The topological polar surface area (TPSA) is 104 Å². The van der Waals surface area contributed by atoms with Crippen LogP contribution in [-0.2, 0) is 11.2 Å². The standard InChI is InChI=1S/C27H33FN6O3/c1-3-20(24(35)36)18-19-6-12-23(13-7-19)37-17-16-33(2)26-30-25(29-22-10-8-21(28)9-11-22)31-27(32-26)34-14-4-5-15-34/h6-13,20H,3-5,14-18H2,1-2H3,(H,35,36)(H,29,30,31,32). The zero-order chi connectivity index (χ0) is 26.2. The van der Waals surface area contributed by atoms with Crippen LogP contribution < -0.4 is 19.9 Å². The summed E-state index contributed by atoms with van der Waals surface area (Å²) in [4.78, 5) is 29.2. The molecule has 37 heavy (non-hydrogen) atoms. The molecule has 1 fully saturated rings. The molecule has 0 amide bonds. The molecule has 2 N–H and O–H groups in total. The molecule has 196 valence electrons. The fourth-order valence-corrected chi connectivity index (χ4v) is 4.11. The van der Waals surface area contributed by atoms with Gasteiger partial charge in [-0.3, -0.25) is 4.79 Å². The van der Waals surface area contributed by atoms with Crippen LogP contribution in [0.4, 0.5) is 27.9 Å². The largest absolute Gasteiger partial charge is 0.492 e. The molecule has 0 spiro atoms. The highest BCUT2D eigenvalue weighted by Crippen LogP contribution is 2.22. The van der Waals surface area contributed by atoms with E-state index in [9.17, 15) is 14.3 Å². The van der Waals surface area contributed by atoms with Crippen LogP contribution in [0.25, 0.3) is 0 Å². The summed E-state index contributed by atoms with van der Waals surface area (Å²) in [6.07, 6.45) is 3.29.